The monoisotopic (exact) mass is 273 g/mol. The molecule has 0 saturated heterocycles. The second-order valence-corrected chi connectivity index (χ2v) is 4.95. The van der Waals surface area contributed by atoms with Gasteiger partial charge in [-0.1, -0.05) is 19.4 Å². The molecule has 0 aromatic heterocycles. The third-order valence-electron chi connectivity index (χ3n) is 3.48. The second kappa shape index (κ2) is 6.94. The van der Waals surface area contributed by atoms with Gasteiger partial charge in [0.25, 0.3) is 0 Å². The number of halogens is 3. The van der Waals surface area contributed by atoms with Crippen molar-refractivity contribution in [1.82, 2.24) is 5.32 Å². The molecule has 4 heteroatoms. The van der Waals surface area contributed by atoms with Crippen LogP contribution < -0.4 is 5.32 Å². The number of hydrogen-bond donors (Lipinski definition) is 1. The van der Waals surface area contributed by atoms with Crippen molar-refractivity contribution in [2.24, 2.45) is 0 Å². The summed E-state index contributed by atoms with van der Waals surface area (Å²) in [4.78, 5) is 0. The molecule has 0 aliphatic carbocycles. The smallest absolute Gasteiger partial charge is 0.317 e. The van der Waals surface area contributed by atoms with Gasteiger partial charge in [0.15, 0.2) is 0 Å². The van der Waals surface area contributed by atoms with Crippen LogP contribution in [-0.4, -0.2) is 13.1 Å². The van der Waals surface area contributed by atoms with E-state index in [1.54, 1.807) is 13.0 Å². The summed E-state index contributed by atoms with van der Waals surface area (Å²) < 4.78 is 37.7. The summed E-state index contributed by atoms with van der Waals surface area (Å²) in [5.41, 5.74) is 1.16. The summed E-state index contributed by atoms with van der Waals surface area (Å²) in [7, 11) is 1.93. The highest BCUT2D eigenvalue weighted by Gasteiger charge is 2.30. The molecule has 0 radical (unpaired) electrons. The maximum absolute atomic E-state index is 12.6. The van der Waals surface area contributed by atoms with Gasteiger partial charge >= 0.3 is 6.18 Å². The average molecular weight is 273 g/mol. The van der Waals surface area contributed by atoms with Gasteiger partial charge in [-0.15, -0.1) is 0 Å². The van der Waals surface area contributed by atoms with Gasteiger partial charge in [-0.25, -0.2) is 0 Å². The zero-order valence-electron chi connectivity index (χ0n) is 11.8. The van der Waals surface area contributed by atoms with Crippen LogP contribution in [-0.2, 0) is 12.6 Å². The third-order valence-corrected chi connectivity index (χ3v) is 3.48. The summed E-state index contributed by atoms with van der Waals surface area (Å²) in [6.07, 6.45) is -0.279. The lowest BCUT2D eigenvalue weighted by Gasteiger charge is -2.16. The molecule has 108 valence electrons. The molecule has 0 aliphatic rings. The molecule has 1 nitrogen and oxygen atoms in total. The summed E-state index contributed by atoms with van der Waals surface area (Å²) >= 11 is 0. The van der Waals surface area contributed by atoms with Gasteiger partial charge in [0, 0.05) is 6.04 Å². The maximum atomic E-state index is 12.6. The van der Waals surface area contributed by atoms with Gasteiger partial charge in [-0.2, -0.15) is 13.2 Å². The van der Waals surface area contributed by atoms with E-state index in [9.17, 15) is 13.2 Å². The molecule has 19 heavy (non-hydrogen) atoms. The highest BCUT2D eigenvalue weighted by Crippen LogP contribution is 2.30. The number of hydrogen-bond acceptors (Lipinski definition) is 1. The first-order valence-corrected chi connectivity index (χ1v) is 6.72. The van der Waals surface area contributed by atoms with Crippen LogP contribution in [0.2, 0.25) is 0 Å². The van der Waals surface area contributed by atoms with Crippen LogP contribution in [0.5, 0.6) is 0 Å². The molecule has 1 aromatic carbocycles. The van der Waals surface area contributed by atoms with Crippen molar-refractivity contribution in [1.29, 1.82) is 0 Å². The summed E-state index contributed by atoms with van der Waals surface area (Å²) in [6, 6.07) is 4.46. The van der Waals surface area contributed by atoms with Crippen LogP contribution in [0.15, 0.2) is 18.2 Å². The number of nitrogens with one attached hydrogen (secondary N) is 1. The Bertz CT molecular complexity index is 399. The van der Waals surface area contributed by atoms with E-state index in [0.29, 0.717) is 6.04 Å². The van der Waals surface area contributed by atoms with Gasteiger partial charge in [0.05, 0.1) is 5.56 Å². The predicted octanol–water partition coefficient (Wildman–Crippen LogP) is 4.33. The van der Waals surface area contributed by atoms with Gasteiger partial charge < -0.3 is 5.32 Å². The lowest BCUT2D eigenvalue weighted by atomic mass is 9.97. The molecule has 0 saturated carbocycles. The van der Waals surface area contributed by atoms with Crippen LogP contribution in [0.25, 0.3) is 0 Å². The van der Waals surface area contributed by atoms with Crippen molar-refractivity contribution in [2.75, 3.05) is 7.05 Å². The summed E-state index contributed by atoms with van der Waals surface area (Å²) in [5, 5.41) is 3.25. The standard InChI is InChI=1S/C15H22F3N/c1-4-5-14(19-3)9-7-12-6-8-13(10-11(12)2)15(16,17)18/h6,8,10,14,19H,4-5,7,9H2,1-3H3. The van der Waals surface area contributed by atoms with E-state index in [-0.39, 0.29) is 0 Å². The largest absolute Gasteiger partial charge is 0.416 e. The first-order valence-electron chi connectivity index (χ1n) is 6.72. The van der Waals surface area contributed by atoms with E-state index in [1.807, 2.05) is 7.05 Å². The predicted molar refractivity (Wildman–Crippen MR) is 72.3 cm³/mol. The van der Waals surface area contributed by atoms with Gasteiger partial charge in [0.2, 0.25) is 0 Å². The molecule has 1 N–H and O–H groups in total. The molecule has 1 rings (SSSR count). The molecule has 0 aliphatic heterocycles. The first kappa shape index (κ1) is 16.0. The van der Waals surface area contributed by atoms with Crippen molar-refractivity contribution < 1.29 is 13.2 Å². The number of benzene rings is 1. The highest BCUT2D eigenvalue weighted by molar-refractivity contribution is 5.32. The van der Waals surface area contributed by atoms with E-state index in [2.05, 4.69) is 12.2 Å². The second-order valence-electron chi connectivity index (χ2n) is 4.95. The van der Waals surface area contributed by atoms with Crippen LogP contribution in [0.3, 0.4) is 0 Å². The molecule has 1 unspecified atom stereocenters. The van der Waals surface area contributed by atoms with Gasteiger partial charge in [0.1, 0.15) is 0 Å². The topological polar surface area (TPSA) is 12.0 Å². The summed E-state index contributed by atoms with van der Waals surface area (Å²) in [5.74, 6) is 0. The minimum atomic E-state index is -4.25. The Labute approximate surface area is 113 Å². The molecule has 0 spiro atoms. The number of aryl methyl sites for hydroxylation is 2. The fourth-order valence-electron chi connectivity index (χ4n) is 2.26. The average Bonchev–Trinajstić information content (AvgIpc) is 2.34. The normalized spacial score (nSPS) is 13.6. The number of alkyl halides is 3. The fourth-order valence-corrected chi connectivity index (χ4v) is 2.26. The lowest BCUT2D eigenvalue weighted by molar-refractivity contribution is -0.137. The van der Waals surface area contributed by atoms with E-state index < -0.39 is 11.7 Å². The minimum absolute atomic E-state index is 0.437. The summed E-state index contributed by atoms with van der Waals surface area (Å²) in [6.45, 7) is 3.88. The van der Waals surface area contributed by atoms with Crippen molar-refractivity contribution in [3.63, 3.8) is 0 Å². The van der Waals surface area contributed by atoms with Crippen molar-refractivity contribution >= 4 is 0 Å². The van der Waals surface area contributed by atoms with Gasteiger partial charge in [-0.3, -0.25) is 0 Å². The van der Waals surface area contributed by atoms with Crippen molar-refractivity contribution in [2.45, 2.75) is 51.7 Å². The molecule has 1 atom stereocenters. The Morgan fingerprint density at radius 2 is 1.89 bits per heavy atom. The highest BCUT2D eigenvalue weighted by atomic mass is 19.4. The van der Waals surface area contributed by atoms with E-state index in [0.717, 1.165) is 36.8 Å². The first-order chi connectivity index (χ1) is 8.88. The third kappa shape index (κ3) is 4.86. The molecule has 0 fully saturated rings. The quantitative estimate of drug-likeness (QED) is 0.813. The Hall–Kier alpha value is -1.03. The Kier molecular flexibility index (Phi) is 5.85. The minimum Gasteiger partial charge on any atom is -0.317 e. The molecular weight excluding hydrogens is 251 g/mol. The van der Waals surface area contributed by atoms with E-state index >= 15 is 0 Å². The van der Waals surface area contributed by atoms with Crippen LogP contribution in [0.1, 0.15) is 42.9 Å². The molecule has 0 heterocycles. The van der Waals surface area contributed by atoms with Crippen LogP contribution in [0, 0.1) is 6.92 Å². The Morgan fingerprint density at radius 1 is 1.21 bits per heavy atom. The molecule has 1 aromatic rings. The molecular formula is C15H22F3N. The van der Waals surface area contributed by atoms with Crippen LogP contribution >= 0.6 is 0 Å². The van der Waals surface area contributed by atoms with E-state index in [1.165, 1.54) is 12.1 Å². The van der Waals surface area contributed by atoms with Crippen molar-refractivity contribution in [3.8, 4) is 0 Å². The van der Waals surface area contributed by atoms with Gasteiger partial charge in [-0.05, 0) is 56.5 Å². The zero-order valence-corrected chi connectivity index (χ0v) is 11.8. The fraction of sp³-hybridized carbons (Fsp3) is 0.600. The van der Waals surface area contributed by atoms with Crippen LogP contribution in [0.4, 0.5) is 13.2 Å². The zero-order chi connectivity index (χ0) is 14.5. The lowest BCUT2D eigenvalue weighted by Crippen LogP contribution is -2.25. The molecule has 0 bridgehead atoms. The SMILES string of the molecule is CCCC(CCc1ccc(C(F)(F)F)cc1C)NC. The maximum Gasteiger partial charge on any atom is 0.416 e. The number of rotatable bonds is 6. The van der Waals surface area contributed by atoms with E-state index in [4.69, 9.17) is 0 Å². The Balaban J connectivity index is 2.70. The molecule has 0 amide bonds. The Morgan fingerprint density at radius 3 is 2.37 bits per heavy atom. The van der Waals surface area contributed by atoms with Crippen molar-refractivity contribution in [3.05, 3.63) is 34.9 Å².